The molecule has 0 aliphatic carbocycles. The number of amides is 1. The summed E-state index contributed by atoms with van der Waals surface area (Å²) in [6, 6.07) is 9.34. The first kappa shape index (κ1) is 14.6. The number of nitrogens with zero attached hydrogens (tertiary/aromatic N) is 2. The number of hydrogen-bond acceptors (Lipinski definition) is 4. The summed E-state index contributed by atoms with van der Waals surface area (Å²) in [6.45, 7) is 4.47. The Morgan fingerprint density at radius 3 is 3.09 bits per heavy atom. The summed E-state index contributed by atoms with van der Waals surface area (Å²) in [4.78, 5) is 14.5. The topological polar surface area (TPSA) is 69.3 Å². The number of fused-ring (bicyclic) bond motifs is 1. The Morgan fingerprint density at radius 2 is 2.32 bits per heavy atom. The van der Waals surface area contributed by atoms with Crippen LogP contribution in [0.2, 0.25) is 0 Å². The SMILES string of the molecule is CC1CCCN(CC(=O)Nc2c(C#N)oc3ccccc23)C1. The Bertz CT molecular complexity index is 729. The van der Waals surface area contributed by atoms with E-state index in [4.69, 9.17) is 4.42 Å². The zero-order valence-electron chi connectivity index (χ0n) is 12.6. The van der Waals surface area contributed by atoms with E-state index in [1.54, 1.807) is 6.07 Å². The molecule has 22 heavy (non-hydrogen) atoms. The van der Waals surface area contributed by atoms with Crippen molar-refractivity contribution >= 4 is 22.6 Å². The van der Waals surface area contributed by atoms with Crippen LogP contribution in [0.15, 0.2) is 28.7 Å². The van der Waals surface area contributed by atoms with Gasteiger partial charge in [0.2, 0.25) is 11.7 Å². The summed E-state index contributed by atoms with van der Waals surface area (Å²) in [5, 5.41) is 12.8. The minimum absolute atomic E-state index is 0.0999. The number of para-hydroxylation sites is 1. The number of likely N-dealkylation sites (tertiary alicyclic amines) is 1. The van der Waals surface area contributed by atoms with Gasteiger partial charge >= 0.3 is 0 Å². The predicted octanol–water partition coefficient (Wildman–Crippen LogP) is 2.97. The molecule has 0 radical (unpaired) electrons. The van der Waals surface area contributed by atoms with E-state index in [1.165, 1.54) is 6.42 Å². The maximum absolute atomic E-state index is 12.3. The fourth-order valence-electron chi connectivity index (χ4n) is 3.06. The lowest BCUT2D eigenvalue weighted by atomic mass is 10.0. The average molecular weight is 297 g/mol. The highest BCUT2D eigenvalue weighted by atomic mass is 16.3. The van der Waals surface area contributed by atoms with Gasteiger partial charge in [-0.2, -0.15) is 5.26 Å². The number of carbonyl (C=O) groups excluding carboxylic acids is 1. The Morgan fingerprint density at radius 1 is 1.50 bits per heavy atom. The van der Waals surface area contributed by atoms with Gasteiger partial charge in [-0.25, -0.2) is 0 Å². The van der Waals surface area contributed by atoms with E-state index < -0.39 is 0 Å². The lowest BCUT2D eigenvalue weighted by Crippen LogP contribution is -2.39. The summed E-state index contributed by atoms with van der Waals surface area (Å²) >= 11 is 0. The molecule has 114 valence electrons. The molecule has 1 unspecified atom stereocenters. The second-order valence-electron chi connectivity index (χ2n) is 5.94. The molecule has 1 aliphatic heterocycles. The molecule has 1 atom stereocenters. The molecule has 0 saturated carbocycles. The zero-order valence-corrected chi connectivity index (χ0v) is 12.6. The molecular weight excluding hydrogens is 278 g/mol. The quantitative estimate of drug-likeness (QED) is 0.945. The monoisotopic (exact) mass is 297 g/mol. The van der Waals surface area contributed by atoms with Crippen LogP contribution in [0.4, 0.5) is 5.69 Å². The molecule has 3 rings (SSSR count). The molecule has 0 bridgehead atoms. The molecule has 2 aromatic rings. The summed E-state index contributed by atoms with van der Waals surface area (Å²) < 4.78 is 5.47. The molecule has 1 N–H and O–H groups in total. The summed E-state index contributed by atoms with van der Waals surface area (Å²) in [7, 11) is 0. The number of benzene rings is 1. The summed E-state index contributed by atoms with van der Waals surface area (Å²) in [6.07, 6.45) is 2.36. The van der Waals surface area contributed by atoms with Crippen molar-refractivity contribution in [3.63, 3.8) is 0 Å². The van der Waals surface area contributed by atoms with Crippen LogP contribution in [0.3, 0.4) is 0 Å². The Hall–Kier alpha value is -2.32. The first-order valence-electron chi connectivity index (χ1n) is 7.61. The van der Waals surface area contributed by atoms with Crippen LogP contribution in [0.1, 0.15) is 25.5 Å². The first-order chi connectivity index (χ1) is 10.7. The van der Waals surface area contributed by atoms with Gasteiger partial charge in [-0.15, -0.1) is 0 Å². The third-order valence-electron chi connectivity index (χ3n) is 4.07. The lowest BCUT2D eigenvalue weighted by Gasteiger charge is -2.30. The third-order valence-corrected chi connectivity index (χ3v) is 4.07. The highest BCUT2D eigenvalue weighted by molar-refractivity contribution is 6.03. The number of carbonyl (C=O) groups is 1. The summed E-state index contributed by atoms with van der Waals surface area (Å²) in [5.41, 5.74) is 1.09. The second kappa shape index (κ2) is 6.20. The minimum atomic E-state index is -0.0999. The Labute approximate surface area is 129 Å². The van der Waals surface area contributed by atoms with Gasteiger partial charge < -0.3 is 9.73 Å². The van der Waals surface area contributed by atoms with Crippen LogP contribution in [0.25, 0.3) is 11.0 Å². The lowest BCUT2D eigenvalue weighted by molar-refractivity contribution is -0.117. The van der Waals surface area contributed by atoms with Crippen molar-refractivity contribution in [2.75, 3.05) is 25.0 Å². The van der Waals surface area contributed by atoms with Crippen LogP contribution in [-0.4, -0.2) is 30.4 Å². The van der Waals surface area contributed by atoms with Crippen molar-refractivity contribution in [1.29, 1.82) is 5.26 Å². The van der Waals surface area contributed by atoms with Crippen molar-refractivity contribution in [3.8, 4) is 6.07 Å². The van der Waals surface area contributed by atoms with Crippen molar-refractivity contribution in [2.45, 2.75) is 19.8 Å². The first-order valence-corrected chi connectivity index (χ1v) is 7.61. The van der Waals surface area contributed by atoms with Gasteiger partial charge in [0.15, 0.2) is 0 Å². The van der Waals surface area contributed by atoms with Gasteiger partial charge in [0, 0.05) is 11.9 Å². The van der Waals surface area contributed by atoms with Crippen LogP contribution >= 0.6 is 0 Å². The molecule has 5 heteroatoms. The van der Waals surface area contributed by atoms with Crippen molar-refractivity contribution in [3.05, 3.63) is 30.0 Å². The Balaban J connectivity index is 1.75. The molecular formula is C17H19N3O2. The van der Waals surface area contributed by atoms with Gasteiger partial charge in [-0.05, 0) is 37.4 Å². The smallest absolute Gasteiger partial charge is 0.238 e. The standard InChI is InChI=1S/C17H19N3O2/c1-12-5-4-8-20(10-12)11-16(21)19-17-13-6-2-3-7-14(13)22-15(17)9-18/h2-3,6-7,12H,4-5,8,10-11H2,1H3,(H,19,21). The van der Waals surface area contributed by atoms with E-state index >= 15 is 0 Å². The number of furan rings is 1. The molecule has 2 heterocycles. The maximum Gasteiger partial charge on any atom is 0.238 e. The van der Waals surface area contributed by atoms with Crippen LogP contribution in [-0.2, 0) is 4.79 Å². The highest BCUT2D eigenvalue weighted by Crippen LogP contribution is 2.30. The van der Waals surface area contributed by atoms with E-state index in [0.29, 0.717) is 23.7 Å². The van der Waals surface area contributed by atoms with E-state index in [1.807, 2.05) is 24.3 Å². The van der Waals surface area contributed by atoms with Gasteiger partial charge in [-0.3, -0.25) is 9.69 Å². The largest absolute Gasteiger partial charge is 0.443 e. The van der Waals surface area contributed by atoms with Crippen molar-refractivity contribution < 1.29 is 9.21 Å². The van der Waals surface area contributed by atoms with Gasteiger partial charge in [-0.1, -0.05) is 19.1 Å². The molecule has 1 aromatic heterocycles. The molecule has 1 aromatic carbocycles. The third kappa shape index (κ3) is 2.97. The van der Waals surface area contributed by atoms with Crippen molar-refractivity contribution in [1.82, 2.24) is 4.90 Å². The van der Waals surface area contributed by atoms with Crippen LogP contribution in [0.5, 0.6) is 0 Å². The number of nitrogens with one attached hydrogen (secondary N) is 1. The maximum atomic E-state index is 12.3. The fourth-order valence-corrected chi connectivity index (χ4v) is 3.06. The molecule has 1 saturated heterocycles. The van der Waals surface area contributed by atoms with Crippen LogP contribution in [0, 0.1) is 17.2 Å². The number of hydrogen-bond donors (Lipinski definition) is 1. The zero-order chi connectivity index (χ0) is 15.5. The van der Waals surface area contributed by atoms with Gasteiger partial charge in [0.25, 0.3) is 0 Å². The second-order valence-corrected chi connectivity index (χ2v) is 5.94. The van der Waals surface area contributed by atoms with Gasteiger partial charge in [0.1, 0.15) is 17.3 Å². The van der Waals surface area contributed by atoms with Crippen molar-refractivity contribution in [2.24, 2.45) is 5.92 Å². The normalized spacial score (nSPS) is 19.0. The van der Waals surface area contributed by atoms with Gasteiger partial charge in [0.05, 0.1) is 6.54 Å². The summed E-state index contributed by atoms with van der Waals surface area (Å²) in [5.74, 6) is 0.685. The number of anilines is 1. The molecule has 1 aliphatic rings. The van der Waals surface area contributed by atoms with E-state index in [2.05, 4.69) is 17.1 Å². The predicted molar refractivity (Wildman–Crippen MR) is 84.4 cm³/mol. The number of nitriles is 1. The van der Waals surface area contributed by atoms with E-state index in [9.17, 15) is 10.1 Å². The Kier molecular flexibility index (Phi) is 4.12. The average Bonchev–Trinajstić information content (AvgIpc) is 2.85. The van der Waals surface area contributed by atoms with Crippen LogP contribution < -0.4 is 5.32 Å². The van der Waals surface area contributed by atoms with E-state index in [0.717, 1.165) is 24.9 Å². The van der Waals surface area contributed by atoms with E-state index in [-0.39, 0.29) is 11.7 Å². The molecule has 1 fully saturated rings. The molecule has 0 spiro atoms. The minimum Gasteiger partial charge on any atom is -0.443 e. The number of rotatable bonds is 3. The fraction of sp³-hybridized carbons (Fsp3) is 0.412. The highest BCUT2D eigenvalue weighted by Gasteiger charge is 2.21. The number of piperidine rings is 1. The molecule has 1 amide bonds. The molecule has 5 nitrogen and oxygen atoms in total.